The molecule has 0 aliphatic carbocycles. The molecule has 18 heavy (non-hydrogen) atoms. The van der Waals surface area contributed by atoms with Crippen molar-refractivity contribution in [1.82, 2.24) is 4.90 Å². The molecule has 1 fully saturated rings. The van der Waals surface area contributed by atoms with Gasteiger partial charge in [0, 0.05) is 30.4 Å². The van der Waals surface area contributed by atoms with Gasteiger partial charge < -0.3 is 10.1 Å². The summed E-state index contributed by atoms with van der Waals surface area (Å²) in [6, 6.07) is 10.9. The Balaban J connectivity index is 1.89. The number of morpholine rings is 1. The van der Waals surface area contributed by atoms with Crippen molar-refractivity contribution in [2.45, 2.75) is 32.4 Å². The fourth-order valence-corrected chi connectivity index (χ4v) is 2.62. The van der Waals surface area contributed by atoms with Crippen molar-refractivity contribution < 1.29 is 4.74 Å². The number of ether oxygens (including phenoxy) is 1. The molecule has 0 radical (unpaired) electrons. The van der Waals surface area contributed by atoms with E-state index < -0.39 is 0 Å². The van der Waals surface area contributed by atoms with Gasteiger partial charge in [-0.2, -0.15) is 0 Å². The van der Waals surface area contributed by atoms with Crippen molar-refractivity contribution in [3.63, 3.8) is 0 Å². The molecule has 2 rings (SSSR count). The fraction of sp³-hybridized carbons (Fsp3) is 0.600. The van der Waals surface area contributed by atoms with Crippen molar-refractivity contribution in [2.75, 3.05) is 31.6 Å². The molecule has 1 saturated heterocycles. The molecule has 3 heteroatoms. The van der Waals surface area contributed by atoms with Crippen molar-refractivity contribution in [3.8, 4) is 0 Å². The first kappa shape index (κ1) is 13.4. The van der Waals surface area contributed by atoms with E-state index in [1.54, 1.807) is 0 Å². The summed E-state index contributed by atoms with van der Waals surface area (Å²) in [5, 5.41) is 3.50. The number of hydrogen-bond donors (Lipinski definition) is 1. The van der Waals surface area contributed by atoms with Gasteiger partial charge in [-0.05, 0) is 32.9 Å². The number of nitrogens with zero attached hydrogens (tertiary/aromatic N) is 1. The number of nitrogens with one attached hydrogen (secondary N) is 1. The van der Waals surface area contributed by atoms with E-state index in [0.29, 0.717) is 6.04 Å². The first-order valence-corrected chi connectivity index (χ1v) is 6.73. The quantitative estimate of drug-likeness (QED) is 0.886. The second-order valence-corrected chi connectivity index (χ2v) is 5.65. The van der Waals surface area contributed by atoms with E-state index in [2.05, 4.69) is 55.3 Å². The van der Waals surface area contributed by atoms with Crippen LogP contribution in [-0.4, -0.2) is 42.8 Å². The molecule has 1 unspecified atom stereocenters. The van der Waals surface area contributed by atoms with Crippen LogP contribution in [0.25, 0.3) is 0 Å². The van der Waals surface area contributed by atoms with Gasteiger partial charge in [0.15, 0.2) is 0 Å². The van der Waals surface area contributed by atoms with E-state index in [1.165, 1.54) is 5.69 Å². The van der Waals surface area contributed by atoms with Gasteiger partial charge in [0.05, 0.1) is 13.2 Å². The molecule has 3 nitrogen and oxygen atoms in total. The monoisotopic (exact) mass is 248 g/mol. The summed E-state index contributed by atoms with van der Waals surface area (Å²) in [5.41, 5.74) is 1.33. The molecular weight excluding hydrogens is 224 g/mol. The molecule has 0 aromatic heterocycles. The summed E-state index contributed by atoms with van der Waals surface area (Å²) in [6.07, 6.45) is 0. The molecular formula is C15H24N2O. The Morgan fingerprint density at radius 1 is 1.33 bits per heavy atom. The van der Waals surface area contributed by atoms with E-state index >= 15 is 0 Å². The summed E-state index contributed by atoms with van der Waals surface area (Å²) in [5.74, 6) is 0. The van der Waals surface area contributed by atoms with Crippen LogP contribution in [0.15, 0.2) is 30.3 Å². The lowest BCUT2D eigenvalue weighted by Crippen LogP contribution is -2.57. The average molecular weight is 248 g/mol. The Bertz CT molecular complexity index is 364. The standard InChI is InChI=1S/C15H24N2O/c1-13(11-16-14-7-5-4-6-8-14)17-9-10-18-12-15(17,2)3/h4-8,13,16H,9-12H2,1-3H3. The SMILES string of the molecule is CC(CNc1ccccc1)N1CCOCC1(C)C. The van der Waals surface area contributed by atoms with Crippen LogP contribution in [0.4, 0.5) is 5.69 Å². The molecule has 1 heterocycles. The lowest BCUT2D eigenvalue weighted by Gasteiger charge is -2.45. The van der Waals surface area contributed by atoms with Crippen molar-refractivity contribution in [3.05, 3.63) is 30.3 Å². The Kier molecular flexibility index (Phi) is 4.25. The minimum atomic E-state index is 0.135. The van der Waals surface area contributed by atoms with Crippen LogP contribution in [0.5, 0.6) is 0 Å². The summed E-state index contributed by atoms with van der Waals surface area (Å²) < 4.78 is 5.57. The largest absolute Gasteiger partial charge is 0.383 e. The van der Waals surface area contributed by atoms with Gasteiger partial charge in [0.1, 0.15) is 0 Å². The third-order valence-electron chi connectivity index (χ3n) is 3.62. The Morgan fingerprint density at radius 2 is 2.06 bits per heavy atom. The molecule has 0 saturated carbocycles. The Morgan fingerprint density at radius 3 is 2.72 bits per heavy atom. The van der Waals surface area contributed by atoms with Crippen LogP contribution in [-0.2, 0) is 4.74 Å². The highest BCUT2D eigenvalue weighted by Gasteiger charge is 2.33. The molecule has 1 aromatic carbocycles. The van der Waals surface area contributed by atoms with Crippen LogP contribution in [0.3, 0.4) is 0 Å². The zero-order chi connectivity index (χ0) is 13.0. The van der Waals surface area contributed by atoms with Crippen LogP contribution in [0, 0.1) is 0 Å². The molecule has 1 N–H and O–H groups in total. The lowest BCUT2D eigenvalue weighted by atomic mass is 10.00. The molecule has 1 aromatic rings. The van der Waals surface area contributed by atoms with Gasteiger partial charge in [-0.3, -0.25) is 4.90 Å². The third-order valence-corrected chi connectivity index (χ3v) is 3.62. The predicted octanol–water partition coefficient (Wildman–Crippen LogP) is 2.60. The van der Waals surface area contributed by atoms with Crippen LogP contribution >= 0.6 is 0 Å². The van der Waals surface area contributed by atoms with Gasteiger partial charge in [-0.15, -0.1) is 0 Å². The van der Waals surface area contributed by atoms with Gasteiger partial charge in [0.2, 0.25) is 0 Å². The topological polar surface area (TPSA) is 24.5 Å². The van der Waals surface area contributed by atoms with E-state index in [1.807, 2.05) is 6.07 Å². The van der Waals surface area contributed by atoms with Crippen LogP contribution < -0.4 is 5.32 Å². The zero-order valence-electron chi connectivity index (χ0n) is 11.6. The maximum Gasteiger partial charge on any atom is 0.0645 e. The van der Waals surface area contributed by atoms with Crippen molar-refractivity contribution in [2.24, 2.45) is 0 Å². The van der Waals surface area contributed by atoms with Gasteiger partial charge in [-0.1, -0.05) is 18.2 Å². The predicted molar refractivity (Wildman–Crippen MR) is 76.0 cm³/mol. The minimum absolute atomic E-state index is 0.135. The van der Waals surface area contributed by atoms with Gasteiger partial charge >= 0.3 is 0 Å². The van der Waals surface area contributed by atoms with E-state index in [9.17, 15) is 0 Å². The zero-order valence-corrected chi connectivity index (χ0v) is 11.6. The van der Waals surface area contributed by atoms with E-state index in [-0.39, 0.29) is 5.54 Å². The van der Waals surface area contributed by atoms with Gasteiger partial charge in [0.25, 0.3) is 0 Å². The van der Waals surface area contributed by atoms with Crippen molar-refractivity contribution >= 4 is 5.69 Å². The third kappa shape index (κ3) is 3.24. The highest BCUT2D eigenvalue weighted by atomic mass is 16.5. The highest BCUT2D eigenvalue weighted by molar-refractivity contribution is 5.42. The van der Waals surface area contributed by atoms with E-state index in [4.69, 9.17) is 4.74 Å². The smallest absolute Gasteiger partial charge is 0.0645 e. The summed E-state index contributed by atoms with van der Waals surface area (Å²) in [6.45, 7) is 10.4. The number of benzene rings is 1. The van der Waals surface area contributed by atoms with Crippen LogP contribution in [0.1, 0.15) is 20.8 Å². The maximum atomic E-state index is 5.57. The normalized spacial score (nSPS) is 21.5. The summed E-state index contributed by atoms with van der Waals surface area (Å²) in [4.78, 5) is 2.53. The second-order valence-electron chi connectivity index (χ2n) is 5.65. The molecule has 1 atom stereocenters. The van der Waals surface area contributed by atoms with Gasteiger partial charge in [-0.25, -0.2) is 0 Å². The molecule has 100 valence electrons. The van der Waals surface area contributed by atoms with E-state index in [0.717, 1.165) is 26.3 Å². The lowest BCUT2D eigenvalue weighted by molar-refractivity contribution is -0.0662. The Labute approximate surface area is 110 Å². The average Bonchev–Trinajstić information content (AvgIpc) is 2.37. The first-order valence-electron chi connectivity index (χ1n) is 6.73. The number of hydrogen-bond acceptors (Lipinski definition) is 3. The summed E-state index contributed by atoms with van der Waals surface area (Å²) >= 11 is 0. The second kappa shape index (κ2) is 5.72. The molecule has 0 bridgehead atoms. The fourth-order valence-electron chi connectivity index (χ4n) is 2.62. The van der Waals surface area contributed by atoms with Crippen molar-refractivity contribution in [1.29, 1.82) is 0 Å². The minimum Gasteiger partial charge on any atom is -0.383 e. The number of anilines is 1. The highest BCUT2D eigenvalue weighted by Crippen LogP contribution is 2.21. The molecule has 1 aliphatic heterocycles. The number of rotatable bonds is 4. The summed E-state index contributed by atoms with van der Waals surface area (Å²) in [7, 11) is 0. The van der Waals surface area contributed by atoms with Crippen LogP contribution in [0.2, 0.25) is 0 Å². The number of para-hydroxylation sites is 1. The first-order chi connectivity index (χ1) is 8.59. The molecule has 0 amide bonds. The maximum absolute atomic E-state index is 5.57. The molecule has 1 aliphatic rings. The molecule has 0 spiro atoms. The Hall–Kier alpha value is -1.06.